The summed E-state index contributed by atoms with van der Waals surface area (Å²) in [6.45, 7) is 2.95. The van der Waals surface area contributed by atoms with Gasteiger partial charge in [0, 0.05) is 33.1 Å². The molecule has 3 rings (SSSR count). The molecule has 0 spiro atoms. The summed E-state index contributed by atoms with van der Waals surface area (Å²) in [5.41, 5.74) is 0. The molecule has 0 N–H and O–H groups in total. The van der Waals surface area contributed by atoms with Gasteiger partial charge < -0.3 is 18.6 Å². The summed E-state index contributed by atoms with van der Waals surface area (Å²) in [5.74, 6) is 2.33. The standard InChI is InChI=1S/C16H21N3O3/c1-11-4-5-12(22-11)10-19(3)16(20)13-6-9-21-14(13)15-17-7-8-18(15)2/h4-5,7-8,13-14H,6,9-10H2,1-3H3/t13-,14-/m1/s1. The van der Waals surface area contributed by atoms with E-state index in [-0.39, 0.29) is 17.9 Å². The Balaban J connectivity index is 1.71. The SMILES string of the molecule is Cc1ccc(CN(C)C(=O)[C@@H]2CCO[C@H]2c2nccn2C)o1. The molecule has 118 valence electrons. The van der Waals surface area contributed by atoms with Gasteiger partial charge in [-0.2, -0.15) is 0 Å². The highest BCUT2D eigenvalue weighted by Crippen LogP contribution is 2.34. The van der Waals surface area contributed by atoms with Crippen LogP contribution in [-0.2, 0) is 23.1 Å². The van der Waals surface area contributed by atoms with Crippen molar-refractivity contribution in [3.05, 3.63) is 41.9 Å². The van der Waals surface area contributed by atoms with Crippen molar-refractivity contribution < 1.29 is 13.9 Å². The van der Waals surface area contributed by atoms with E-state index < -0.39 is 0 Å². The molecule has 0 aromatic carbocycles. The van der Waals surface area contributed by atoms with E-state index in [1.807, 2.05) is 36.9 Å². The fraction of sp³-hybridized carbons (Fsp3) is 0.500. The summed E-state index contributed by atoms with van der Waals surface area (Å²) < 4.78 is 13.2. The first kappa shape index (κ1) is 14.8. The number of amides is 1. The van der Waals surface area contributed by atoms with Crippen molar-refractivity contribution in [1.29, 1.82) is 0 Å². The quantitative estimate of drug-likeness (QED) is 0.867. The van der Waals surface area contributed by atoms with E-state index >= 15 is 0 Å². The maximum absolute atomic E-state index is 12.7. The third-order valence-corrected chi connectivity index (χ3v) is 4.09. The monoisotopic (exact) mass is 303 g/mol. The van der Waals surface area contributed by atoms with Crippen molar-refractivity contribution >= 4 is 5.91 Å². The molecule has 1 saturated heterocycles. The van der Waals surface area contributed by atoms with E-state index in [2.05, 4.69) is 4.98 Å². The second-order valence-corrected chi connectivity index (χ2v) is 5.79. The van der Waals surface area contributed by atoms with Crippen LogP contribution < -0.4 is 0 Å². The molecule has 1 aliphatic rings. The fourth-order valence-corrected chi connectivity index (χ4v) is 2.91. The first-order valence-electron chi connectivity index (χ1n) is 7.45. The molecule has 2 atom stereocenters. The van der Waals surface area contributed by atoms with Gasteiger partial charge in [0.2, 0.25) is 5.91 Å². The van der Waals surface area contributed by atoms with Crippen molar-refractivity contribution in [2.45, 2.75) is 26.0 Å². The molecule has 22 heavy (non-hydrogen) atoms. The maximum Gasteiger partial charge on any atom is 0.229 e. The van der Waals surface area contributed by atoms with Crippen LogP contribution in [0.3, 0.4) is 0 Å². The minimum Gasteiger partial charge on any atom is -0.464 e. The van der Waals surface area contributed by atoms with Gasteiger partial charge in [-0.25, -0.2) is 4.98 Å². The molecule has 0 bridgehead atoms. The Morgan fingerprint density at radius 3 is 2.95 bits per heavy atom. The number of ether oxygens (including phenoxy) is 1. The van der Waals surface area contributed by atoms with Gasteiger partial charge >= 0.3 is 0 Å². The predicted molar refractivity (Wildman–Crippen MR) is 79.9 cm³/mol. The van der Waals surface area contributed by atoms with Crippen molar-refractivity contribution in [2.24, 2.45) is 13.0 Å². The van der Waals surface area contributed by atoms with Gasteiger partial charge in [0.05, 0.1) is 12.5 Å². The zero-order chi connectivity index (χ0) is 15.7. The van der Waals surface area contributed by atoms with Crippen molar-refractivity contribution in [3.63, 3.8) is 0 Å². The molecule has 6 heteroatoms. The minimum absolute atomic E-state index is 0.0690. The molecule has 3 heterocycles. The lowest BCUT2D eigenvalue weighted by Gasteiger charge is -2.23. The number of hydrogen-bond acceptors (Lipinski definition) is 4. The lowest BCUT2D eigenvalue weighted by atomic mass is 9.99. The van der Waals surface area contributed by atoms with Gasteiger partial charge in [-0.05, 0) is 25.5 Å². The molecule has 1 fully saturated rings. The van der Waals surface area contributed by atoms with E-state index in [0.29, 0.717) is 13.2 Å². The minimum atomic E-state index is -0.270. The summed E-state index contributed by atoms with van der Waals surface area (Å²) in [4.78, 5) is 18.8. The third kappa shape index (κ3) is 2.78. The Kier molecular flexibility index (Phi) is 4.02. The smallest absolute Gasteiger partial charge is 0.229 e. The highest BCUT2D eigenvalue weighted by Gasteiger charge is 2.38. The molecule has 2 aromatic rings. The zero-order valence-corrected chi connectivity index (χ0v) is 13.2. The fourth-order valence-electron chi connectivity index (χ4n) is 2.91. The molecule has 6 nitrogen and oxygen atoms in total. The highest BCUT2D eigenvalue weighted by atomic mass is 16.5. The van der Waals surface area contributed by atoms with Crippen LogP contribution >= 0.6 is 0 Å². The van der Waals surface area contributed by atoms with Gasteiger partial charge in [0.25, 0.3) is 0 Å². The molecule has 1 aliphatic heterocycles. The number of carbonyl (C=O) groups is 1. The van der Waals surface area contributed by atoms with Crippen LogP contribution in [0.2, 0.25) is 0 Å². The highest BCUT2D eigenvalue weighted by molar-refractivity contribution is 5.79. The zero-order valence-electron chi connectivity index (χ0n) is 13.2. The Morgan fingerprint density at radius 1 is 1.50 bits per heavy atom. The van der Waals surface area contributed by atoms with Crippen LogP contribution in [0.1, 0.15) is 29.9 Å². The summed E-state index contributed by atoms with van der Waals surface area (Å²) in [6.07, 6.45) is 4.05. The lowest BCUT2D eigenvalue weighted by molar-refractivity contribution is -0.137. The Labute approximate surface area is 129 Å². The molecule has 0 unspecified atom stereocenters. The van der Waals surface area contributed by atoms with E-state index in [9.17, 15) is 4.79 Å². The summed E-state index contributed by atoms with van der Waals surface area (Å²) in [6, 6.07) is 3.81. The third-order valence-electron chi connectivity index (χ3n) is 4.09. The average molecular weight is 303 g/mol. The first-order chi connectivity index (χ1) is 10.6. The average Bonchev–Trinajstić information content (AvgIpc) is 3.19. The van der Waals surface area contributed by atoms with Gasteiger partial charge in [0.15, 0.2) is 0 Å². The van der Waals surface area contributed by atoms with E-state index in [1.54, 1.807) is 18.1 Å². The van der Waals surface area contributed by atoms with E-state index in [4.69, 9.17) is 9.15 Å². The molecule has 0 radical (unpaired) electrons. The lowest BCUT2D eigenvalue weighted by Crippen LogP contribution is -2.34. The number of aryl methyl sites for hydroxylation is 2. The number of aromatic nitrogens is 2. The van der Waals surface area contributed by atoms with Crippen LogP contribution in [-0.4, -0.2) is 34.0 Å². The van der Waals surface area contributed by atoms with Crippen LogP contribution in [0.4, 0.5) is 0 Å². The largest absolute Gasteiger partial charge is 0.464 e. The second kappa shape index (κ2) is 5.96. The first-order valence-corrected chi connectivity index (χ1v) is 7.45. The Morgan fingerprint density at radius 2 is 2.32 bits per heavy atom. The number of hydrogen-bond donors (Lipinski definition) is 0. The summed E-state index contributed by atoms with van der Waals surface area (Å²) >= 11 is 0. The van der Waals surface area contributed by atoms with Gasteiger partial charge in [-0.15, -0.1) is 0 Å². The van der Waals surface area contributed by atoms with Gasteiger partial charge in [-0.1, -0.05) is 0 Å². The summed E-state index contributed by atoms with van der Waals surface area (Å²) in [5, 5.41) is 0. The van der Waals surface area contributed by atoms with Crippen molar-refractivity contribution in [3.8, 4) is 0 Å². The van der Waals surface area contributed by atoms with Gasteiger partial charge in [0.1, 0.15) is 23.4 Å². The number of rotatable bonds is 4. The Hall–Kier alpha value is -2.08. The van der Waals surface area contributed by atoms with Crippen molar-refractivity contribution in [1.82, 2.24) is 14.5 Å². The number of carbonyl (C=O) groups excluding carboxylic acids is 1. The number of furan rings is 1. The maximum atomic E-state index is 12.7. The van der Waals surface area contributed by atoms with Crippen molar-refractivity contribution in [2.75, 3.05) is 13.7 Å². The van der Waals surface area contributed by atoms with Crippen LogP contribution in [0, 0.1) is 12.8 Å². The van der Waals surface area contributed by atoms with Crippen LogP contribution in [0.15, 0.2) is 28.9 Å². The predicted octanol–water partition coefficient (Wildman–Crippen LogP) is 2.06. The molecule has 0 saturated carbocycles. The molecule has 1 amide bonds. The molecular formula is C16H21N3O3. The number of imidazole rings is 1. The van der Waals surface area contributed by atoms with Gasteiger partial charge in [-0.3, -0.25) is 4.79 Å². The summed E-state index contributed by atoms with van der Waals surface area (Å²) in [7, 11) is 3.72. The van der Waals surface area contributed by atoms with E-state index in [1.165, 1.54) is 0 Å². The normalized spacial score (nSPS) is 21.2. The van der Waals surface area contributed by atoms with Crippen LogP contribution in [0.5, 0.6) is 0 Å². The Bertz CT molecular complexity index is 661. The molecule has 2 aromatic heterocycles. The van der Waals surface area contributed by atoms with Crippen LogP contribution in [0.25, 0.3) is 0 Å². The number of nitrogens with zero attached hydrogens (tertiary/aromatic N) is 3. The van der Waals surface area contributed by atoms with E-state index in [0.717, 1.165) is 23.8 Å². The molecule has 0 aliphatic carbocycles. The second-order valence-electron chi connectivity index (χ2n) is 5.79. The topological polar surface area (TPSA) is 60.5 Å². The molecular weight excluding hydrogens is 282 g/mol.